The second-order valence-electron chi connectivity index (χ2n) is 2.56. The Morgan fingerprint density at radius 1 is 1.42 bits per heavy atom. The number of alkyl halides is 1. The average molecular weight is 226 g/mol. The van der Waals surface area contributed by atoms with Crippen LogP contribution in [0.3, 0.4) is 0 Å². The Hall–Kier alpha value is -0.830. The minimum Gasteiger partial charge on any atom is -0.443 e. The Labute approximate surface area is 78.7 Å². The number of hydrogen-bond donors (Lipinski definition) is 0. The van der Waals surface area contributed by atoms with Gasteiger partial charge in [-0.05, 0) is 18.1 Å². The van der Waals surface area contributed by atoms with Gasteiger partial charge in [-0.2, -0.15) is 0 Å². The third-order valence-electron chi connectivity index (χ3n) is 1.81. The summed E-state index contributed by atoms with van der Waals surface area (Å²) < 4.78 is 5.18. The molecule has 0 aliphatic carbocycles. The van der Waals surface area contributed by atoms with Crippen molar-refractivity contribution in [1.29, 1.82) is 0 Å². The molecule has 0 fully saturated rings. The predicted octanol–water partition coefficient (Wildman–Crippen LogP) is 2.77. The highest BCUT2D eigenvalue weighted by Crippen LogP contribution is 2.17. The van der Waals surface area contributed by atoms with Crippen molar-refractivity contribution in [2.24, 2.45) is 0 Å². The molecule has 0 radical (unpaired) electrons. The topological polar surface area (TPSA) is 26.0 Å². The van der Waals surface area contributed by atoms with E-state index in [-0.39, 0.29) is 0 Å². The van der Waals surface area contributed by atoms with Crippen molar-refractivity contribution in [1.82, 2.24) is 4.98 Å². The number of para-hydroxylation sites is 1. The Morgan fingerprint density at radius 2 is 2.33 bits per heavy atom. The fourth-order valence-electron chi connectivity index (χ4n) is 1.25. The highest BCUT2D eigenvalue weighted by molar-refractivity contribution is 9.09. The summed E-state index contributed by atoms with van der Waals surface area (Å²) in [6.07, 6.45) is 2.48. The van der Waals surface area contributed by atoms with Crippen LogP contribution >= 0.6 is 15.9 Å². The number of aromatic nitrogens is 1. The largest absolute Gasteiger partial charge is 0.443 e. The fourth-order valence-corrected chi connectivity index (χ4v) is 1.68. The highest BCUT2D eigenvalue weighted by atomic mass is 79.9. The van der Waals surface area contributed by atoms with Crippen LogP contribution in [-0.2, 0) is 6.42 Å². The van der Waals surface area contributed by atoms with Crippen LogP contribution in [0.2, 0.25) is 0 Å². The molecule has 0 amide bonds. The number of nitrogens with zero attached hydrogens (tertiary/aromatic N) is 1. The van der Waals surface area contributed by atoms with Gasteiger partial charge in [-0.3, -0.25) is 0 Å². The van der Waals surface area contributed by atoms with E-state index in [1.807, 2.05) is 12.1 Å². The summed E-state index contributed by atoms with van der Waals surface area (Å²) in [4.78, 5) is 4.15. The Balaban J connectivity index is 2.57. The van der Waals surface area contributed by atoms with E-state index in [1.54, 1.807) is 0 Å². The average Bonchev–Trinajstić information content (AvgIpc) is 2.53. The lowest BCUT2D eigenvalue weighted by Crippen LogP contribution is -1.86. The number of aryl methyl sites for hydroxylation is 1. The van der Waals surface area contributed by atoms with Crippen LogP contribution in [-0.4, -0.2) is 10.3 Å². The van der Waals surface area contributed by atoms with E-state index in [2.05, 4.69) is 27.0 Å². The standard InChI is InChI=1S/C9H8BrNO/c10-5-4-7-2-1-3-8-9(7)11-6-12-8/h1-3,6H,4-5H2. The second kappa shape index (κ2) is 3.27. The molecule has 1 heterocycles. The van der Waals surface area contributed by atoms with Gasteiger partial charge in [0, 0.05) is 5.33 Å². The van der Waals surface area contributed by atoms with Crippen LogP contribution in [0.1, 0.15) is 5.56 Å². The zero-order valence-corrected chi connectivity index (χ0v) is 8.04. The number of benzene rings is 1. The molecule has 0 spiro atoms. The highest BCUT2D eigenvalue weighted by Gasteiger charge is 2.02. The summed E-state index contributed by atoms with van der Waals surface area (Å²) in [6, 6.07) is 6.00. The number of hydrogen-bond acceptors (Lipinski definition) is 2. The van der Waals surface area contributed by atoms with Crippen LogP contribution in [0, 0.1) is 0 Å². The summed E-state index contributed by atoms with van der Waals surface area (Å²) in [5, 5.41) is 0.957. The SMILES string of the molecule is BrCCc1cccc2ocnc12. The van der Waals surface area contributed by atoms with Crippen molar-refractivity contribution in [3.8, 4) is 0 Å². The van der Waals surface area contributed by atoms with E-state index in [4.69, 9.17) is 4.42 Å². The van der Waals surface area contributed by atoms with Gasteiger partial charge in [0.25, 0.3) is 0 Å². The minimum absolute atomic E-state index is 0.869. The molecule has 0 saturated carbocycles. The number of halogens is 1. The first-order valence-corrected chi connectivity index (χ1v) is 4.91. The third kappa shape index (κ3) is 1.25. The van der Waals surface area contributed by atoms with Gasteiger partial charge in [-0.25, -0.2) is 4.98 Å². The van der Waals surface area contributed by atoms with Crippen LogP contribution in [0.15, 0.2) is 29.0 Å². The van der Waals surface area contributed by atoms with Gasteiger partial charge in [0.05, 0.1) is 0 Å². The molecule has 0 saturated heterocycles. The minimum atomic E-state index is 0.869. The van der Waals surface area contributed by atoms with E-state index in [9.17, 15) is 0 Å². The first-order chi connectivity index (χ1) is 5.92. The van der Waals surface area contributed by atoms with Crippen molar-refractivity contribution in [3.63, 3.8) is 0 Å². The summed E-state index contributed by atoms with van der Waals surface area (Å²) in [7, 11) is 0. The molecule has 2 nitrogen and oxygen atoms in total. The number of oxazole rings is 1. The Morgan fingerprint density at radius 3 is 3.17 bits per heavy atom. The lowest BCUT2D eigenvalue weighted by molar-refractivity contribution is 0.602. The first-order valence-electron chi connectivity index (χ1n) is 3.79. The molecular weight excluding hydrogens is 218 g/mol. The number of rotatable bonds is 2. The maximum Gasteiger partial charge on any atom is 0.181 e. The zero-order valence-electron chi connectivity index (χ0n) is 6.46. The molecule has 2 aromatic rings. The van der Waals surface area contributed by atoms with E-state index in [0.717, 1.165) is 22.9 Å². The van der Waals surface area contributed by atoms with Gasteiger partial charge in [0.2, 0.25) is 0 Å². The van der Waals surface area contributed by atoms with Crippen molar-refractivity contribution < 1.29 is 4.42 Å². The molecular formula is C9H8BrNO. The van der Waals surface area contributed by atoms with E-state index in [0.29, 0.717) is 0 Å². The third-order valence-corrected chi connectivity index (χ3v) is 2.20. The molecule has 0 unspecified atom stereocenters. The molecule has 2 rings (SSSR count). The van der Waals surface area contributed by atoms with Gasteiger partial charge in [0.1, 0.15) is 5.52 Å². The summed E-state index contributed by atoms with van der Waals surface area (Å²) in [5.41, 5.74) is 3.09. The van der Waals surface area contributed by atoms with Crippen LogP contribution < -0.4 is 0 Å². The molecule has 0 aliphatic heterocycles. The molecule has 12 heavy (non-hydrogen) atoms. The molecule has 1 aromatic carbocycles. The molecule has 3 heteroatoms. The molecule has 62 valence electrons. The van der Waals surface area contributed by atoms with Gasteiger partial charge in [-0.1, -0.05) is 28.1 Å². The van der Waals surface area contributed by atoms with Crippen LogP contribution in [0.25, 0.3) is 11.1 Å². The number of fused-ring (bicyclic) bond motifs is 1. The maximum atomic E-state index is 5.18. The van der Waals surface area contributed by atoms with Gasteiger partial charge in [0.15, 0.2) is 12.0 Å². The molecule has 1 aromatic heterocycles. The Bertz CT molecular complexity index is 383. The molecule has 0 aliphatic rings. The smallest absolute Gasteiger partial charge is 0.181 e. The summed E-state index contributed by atoms with van der Waals surface area (Å²) >= 11 is 3.40. The van der Waals surface area contributed by atoms with Crippen molar-refractivity contribution in [2.75, 3.05) is 5.33 Å². The lowest BCUT2D eigenvalue weighted by Gasteiger charge is -1.96. The van der Waals surface area contributed by atoms with Crippen molar-refractivity contribution >= 4 is 27.0 Å². The van der Waals surface area contributed by atoms with Crippen LogP contribution in [0.4, 0.5) is 0 Å². The molecule has 0 bridgehead atoms. The Kier molecular flexibility index (Phi) is 2.13. The fraction of sp³-hybridized carbons (Fsp3) is 0.222. The monoisotopic (exact) mass is 225 g/mol. The summed E-state index contributed by atoms with van der Waals surface area (Å²) in [6.45, 7) is 0. The van der Waals surface area contributed by atoms with E-state index < -0.39 is 0 Å². The quantitative estimate of drug-likeness (QED) is 0.736. The van der Waals surface area contributed by atoms with E-state index >= 15 is 0 Å². The van der Waals surface area contributed by atoms with Crippen LogP contribution in [0.5, 0.6) is 0 Å². The van der Waals surface area contributed by atoms with Gasteiger partial charge >= 0.3 is 0 Å². The van der Waals surface area contributed by atoms with Crippen molar-refractivity contribution in [2.45, 2.75) is 6.42 Å². The van der Waals surface area contributed by atoms with E-state index in [1.165, 1.54) is 12.0 Å². The lowest BCUT2D eigenvalue weighted by atomic mass is 10.1. The normalized spacial score (nSPS) is 10.8. The first kappa shape index (κ1) is 7.80. The van der Waals surface area contributed by atoms with Crippen molar-refractivity contribution in [3.05, 3.63) is 30.2 Å². The molecule has 0 atom stereocenters. The van der Waals surface area contributed by atoms with Gasteiger partial charge < -0.3 is 4.42 Å². The maximum absolute atomic E-state index is 5.18. The summed E-state index contributed by atoms with van der Waals surface area (Å²) in [5.74, 6) is 0. The van der Waals surface area contributed by atoms with Gasteiger partial charge in [-0.15, -0.1) is 0 Å². The zero-order chi connectivity index (χ0) is 8.39. The predicted molar refractivity (Wildman–Crippen MR) is 51.5 cm³/mol. The second-order valence-corrected chi connectivity index (χ2v) is 3.35. The molecule has 0 N–H and O–H groups in total.